The SMILES string of the molecule is CC1CCN(C(=O)[C@@H]2CCCN(C(=O)[C@H]3C[C@H]3c3ccco3)C2)CC1. The summed E-state index contributed by atoms with van der Waals surface area (Å²) >= 11 is 0. The van der Waals surface area contributed by atoms with Crippen LogP contribution in [-0.2, 0) is 9.59 Å². The lowest BCUT2D eigenvalue weighted by molar-refractivity contribution is -0.142. The van der Waals surface area contributed by atoms with Crippen LogP contribution in [0.4, 0.5) is 0 Å². The first kappa shape index (κ1) is 16.7. The third-order valence-corrected chi connectivity index (χ3v) is 6.19. The fraction of sp³-hybridized carbons (Fsp3) is 0.700. The van der Waals surface area contributed by atoms with Gasteiger partial charge in [-0.25, -0.2) is 0 Å². The molecule has 0 spiro atoms. The molecule has 1 aromatic heterocycles. The number of carbonyl (C=O) groups is 2. The molecule has 25 heavy (non-hydrogen) atoms. The second kappa shape index (κ2) is 6.85. The molecule has 5 nitrogen and oxygen atoms in total. The maximum Gasteiger partial charge on any atom is 0.227 e. The van der Waals surface area contributed by atoms with Crippen LogP contribution in [0.2, 0.25) is 0 Å². The van der Waals surface area contributed by atoms with Crippen LogP contribution in [0.25, 0.3) is 0 Å². The van der Waals surface area contributed by atoms with Gasteiger partial charge in [-0.3, -0.25) is 9.59 Å². The highest BCUT2D eigenvalue weighted by Crippen LogP contribution is 2.48. The Labute approximate surface area is 149 Å². The lowest BCUT2D eigenvalue weighted by Crippen LogP contribution is -2.48. The Morgan fingerprint density at radius 3 is 2.60 bits per heavy atom. The summed E-state index contributed by atoms with van der Waals surface area (Å²) in [5.41, 5.74) is 0. The first-order valence-electron chi connectivity index (χ1n) is 9.74. The lowest BCUT2D eigenvalue weighted by Gasteiger charge is -2.37. The Balaban J connectivity index is 1.33. The summed E-state index contributed by atoms with van der Waals surface area (Å²) in [5.74, 6) is 2.41. The largest absolute Gasteiger partial charge is 0.469 e. The van der Waals surface area contributed by atoms with E-state index >= 15 is 0 Å². The molecule has 4 rings (SSSR count). The van der Waals surface area contributed by atoms with Crippen LogP contribution < -0.4 is 0 Å². The summed E-state index contributed by atoms with van der Waals surface area (Å²) < 4.78 is 5.44. The van der Waals surface area contributed by atoms with Gasteiger partial charge in [-0.1, -0.05) is 6.92 Å². The monoisotopic (exact) mass is 344 g/mol. The highest BCUT2D eigenvalue weighted by atomic mass is 16.3. The van der Waals surface area contributed by atoms with Gasteiger partial charge in [0, 0.05) is 38.0 Å². The van der Waals surface area contributed by atoms with Crippen molar-refractivity contribution in [2.45, 2.75) is 44.9 Å². The number of piperidine rings is 2. The molecule has 0 N–H and O–H groups in total. The van der Waals surface area contributed by atoms with Crippen molar-refractivity contribution in [1.29, 1.82) is 0 Å². The molecule has 1 saturated carbocycles. The molecule has 2 aliphatic heterocycles. The van der Waals surface area contributed by atoms with Crippen molar-refractivity contribution in [2.24, 2.45) is 17.8 Å². The van der Waals surface area contributed by atoms with E-state index in [2.05, 4.69) is 6.92 Å². The van der Waals surface area contributed by atoms with Crippen molar-refractivity contribution in [3.63, 3.8) is 0 Å². The van der Waals surface area contributed by atoms with Gasteiger partial charge in [-0.05, 0) is 50.2 Å². The van der Waals surface area contributed by atoms with E-state index in [0.29, 0.717) is 6.54 Å². The van der Waals surface area contributed by atoms with E-state index in [1.165, 1.54) is 0 Å². The topological polar surface area (TPSA) is 53.8 Å². The molecule has 0 aromatic carbocycles. The summed E-state index contributed by atoms with van der Waals surface area (Å²) in [6, 6.07) is 3.84. The molecule has 1 aliphatic carbocycles. The number of hydrogen-bond donors (Lipinski definition) is 0. The van der Waals surface area contributed by atoms with Crippen LogP contribution in [0.15, 0.2) is 22.8 Å². The minimum absolute atomic E-state index is 0.00748. The number of nitrogens with zero attached hydrogens (tertiary/aromatic N) is 2. The summed E-state index contributed by atoms with van der Waals surface area (Å²) in [4.78, 5) is 29.6. The number of hydrogen-bond acceptors (Lipinski definition) is 3. The average molecular weight is 344 g/mol. The Hall–Kier alpha value is -1.78. The molecule has 3 heterocycles. The number of furan rings is 1. The first-order valence-corrected chi connectivity index (χ1v) is 9.74. The molecule has 1 aromatic rings. The molecule has 0 unspecified atom stereocenters. The first-order chi connectivity index (χ1) is 12.1. The van der Waals surface area contributed by atoms with Crippen LogP contribution in [0.1, 0.15) is 50.7 Å². The summed E-state index contributed by atoms with van der Waals surface area (Å²) in [6.07, 6.45) is 6.61. The molecule has 0 bridgehead atoms. The van der Waals surface area contributed by atoms with Gasteiger partial charge in [0.25, 0.3) is 0 Å². The van der Waals surface area contributed by atoms with Crippen LogP contribution in [0.5, 0.6) is 0 Å². The summed E-state index contributed by atoms with van der Waals surface area (Å²) in [5, 5.41) is 0. The van der Waals surface area contributed by atoms with Crippen molar-refractivity contribution in [3.8, 4) is 0 Å². The zero-order valence-corrected chi connectivity index (χ0v) is 15.0. The van der Waals surface area contributed by atoms with Crippen molar-refractivity contribution in [3.05, 3.63) is 24.2 Å². The third-order valence-electron chi connectivity index (χ3n) is 6.19. The number of likely N-dealkylation sites (tertiary alicyclic amines) is 2. The molecular formula is C20H28N2O3. The Bertz CT molecular complexity index is 619. The zero-order valence-electron chi connectivity index (χ0n) is 15.0. The van der Waals surface area contributed by atoms with Gasteiger partial charge in [0.15, 0.2) is 0 Å². The molecule has 3 atom stereocenters. The Morgan fingerprint density at radius 2 is 1.88 bits per heavy atom. The molecule has 2 saturated heterocycles. The molecule has 136 valence electrons. The number of rotatable bonds is 3. The maximum absolute atomic E-state index is 12.8. The van der Waals surface area contributed by atoms with E-state index in [1.54, 1.807) is 6.26 Å². The van der Waals surface area contributed by atoms with E-state index in [-0.39, 0.29) is 29.6 Å². The normalized spacial score (nSPS) is 30.4. The fourth-order valence-electron chi connectivity index (χ4n) is 4.39. The molecule has 3 fully saturated rings. The number of carbonyl (C=O) groups excluding carboxylic acids is 2. The van der Waals surface area contributed by atoms with E-state index in [1.807, 2.05) is 21.9 Å². The molecule has 3 aliphatic rings. The van der Waals surface area contributed by atoms with Crippen LogP contribution >= 0.6 is 0 Å². The van der Waals surface area contributed by atoms with Crippen LogP contribution in [-0.4, -0.2) is 47.8 Å². The lowest BCUT2D eigenvalue weighted by atomic mass is 9.93. The van der Waals surface area contributed by atoms with Gasteiger partial charge in [0.2, 0.25) is 11.8 Å². The predicted octanol–water partition coefficient (Wildman–Crippen LogP) is 2.88. The van der Waals surface area contributed by atoms with Crippen molar-refractivity contribution in [1.82, 2.24) is 9.80 Å². The quantitative estimate of drug-likeness (QED) is 0.847. The molecule has 0 radical (unpaired) electrons. The summed E-state index contributed by atoms with van der Waals surface area (Å²) in [7, 11) is 0. The smallest absolute Gasteiger partial charge is 0.227 e. The fourth-order valence-corrected chi connectivity index (χ4v) is 4.39. The molecule has 2 amide bonds. The van der Waals surface area contributed by atoms with Crippen molar-refractivity contribution < 1.29 is 14.0 Å². The minimum Gasteiger partial charge on any atom is -0.469 e. The highest BCUT2D eigenvalue weighted by molar-refractivity contribution is 5.84. The predicted molar refractivity (Wildman–Crippen MR) is 93.8 cm³/mol. The maximum atomic E-state index is 12.8. The van der Waals surface area contributed by atoms with Gasteiger partial charge in [0.1, 0.15) is 5.76 Å². The standard InChI is InChI=1S/C20H28N2O3/c1-14-6-9-21(10-7-14)19(23)15-4-2-8-22(13-15)20(24)17-12-16(17)18-5-3-11-25-18/h3,5,11,14-17H,2,4,6-10,12-13H2,1H3/t15-,16-,17+/m1/s1. The van der Waals surface area contributed by atoms with E-state index in [4.69, 9.17) is 4.42 Å². The Kier molecular flexibility index (Phi) is 4.57. The van der Waals surface area contributed by atoms with E-state index in [9.17, 15) is 9.59 Å². The molecule has 5 heteroatoms. The van der Waals surface area contributed by atoms with Gasteiger partial charge >= 0.3 is 0 Å². The van der Waals surface area contributed by atoms with Crippen molar-refractivity contribution >= 4 is 11.8 Å². The van der Waals surface area contributed by atoms with E-state index < -0.39 is 0 Å². The summed E-state index contributed by atoms with van der Waals surface area (Å²) in [6.45, 7) is 5.42. The number of amides is 2. The molecular weight excluding hydrogens is 316 g/mol. The van der Waals surface area contributed by atoms with Gasteiger partial charge in [-0.2, -0.15) is 0 Å². The van der Waals surface area contributed by atoms with Crippen molar-refractivity contribution in [2.75, 3.05) is 26.2 Å². The highest BCUT2D eigenvalue weighted by Gasteiger charge is 2.48. The third kappa shape index (κ3) is 3.46. The van der Waals surface area contributed by atoms with E-state index in [0.717, 1.165) is 63.4 Å². The van der Waals surface area contributed by atoms with Gasteiger partial charge < -0.3 is 14.2 Å². The zero-order chi connectivity index (χ0) is 17.4. The van der Waals surface area contributed by atoms with Gasteiger partial charge in [-0.15, -0.1) is 0 Å². The minimum atomic E-state index is -0.00748. The second-order valence-corrected chi connectivity index (χ2v) is 8.10. The van der Waals surface area contributed by atoms with Crippen LogP contribution in [0.3, 0.4) is 0 Å². The average Bonchev–Trinajstić information content (AvgIpc) is 3.25. The van der Waals surface area contributed by atoms with Crippen LogP contribution in [0, 0.1) is 17.8 Å². The van der Waals surface area contributed by atoms with Gasteiger partial charge in [0.05, 0.1) is 12.2 Å². The second-order valence-electron chi connectivity index (χ2n) is 8.10. The Morgan fingerprint density at radius 1 is 1.08 bits per heavy atom.